The number of nitrogens with one attached hydrogen (secondary N) is 1. The number of nitrogens with zero attached hydrogens (tertiary/aromatic N) is 2. The molecule has 0 atom stereocenters. The van der Waals surface area contributed by atoms with E-state index in [-0.39, 0.29) is 11.6 Å². The Balaban J connectivity index is 2.18. The molecule has 6 nitrogen and oxygen atoms in total. The smallest absolute Gasteiger partial charge is 0.238 e. The molecule has 0 aliphatic rings. The van der Waals surface area contributed by atoms with E-state index in [2.05, 4.69) is 14.7 Å². The maximum Gasteiger partial charge on any atom is 0.238 e. The zero-order valence-corrected chi connectivity index (χ0v) is 11.0. The quantitative estimate of drug-likeness (QED) is 0.846. The highest BCUT2D eigenvalue weighted by atomic mass is 32.2. The second kappa shape index (κ2) is 5.77. The van der Waals surface area contributed by atoms with Gasteiger partial charge >= 0.3 is 0 Å². The van der Waals surface area contributed by atoms with Gasteiger partial charge in [-0.05, 0) is 11.1 Å². The third-order valence-corrected chi connectivity index (χ3v) is 3.72. The third-order valence-electron chi connectivity index (χ3n) is 2.51. The van der Waals surface area contributed by atoms with E-state index in [1.54, 1.807) is 12.1 Å². The van der Waals surface area contributed by atoms with Crippen molar-refractivity contribution in [1.82, 2.24) is 9.97 Å². The number of hydrogen-bond donors (Lipinski definition) is 2. The molecule has 1 aromatic carbocycles. The fraction of sp³-hybridized carbons (Fsp3) is 0.167. The van der Waals surface area contributed by atoms with Crippen LogP contribution in [0.4, 0.5) is 5.82 Å². The lowest BCUT2D eigenvalue weighted by Crippen LogP contribution is -2.17. The summed E-state index contributed by atoms with van der Waals surface area (Å²) in [6.45, 7) is 0.302. The van der Waals surface area contributed by atoms with Gasteiger partial charge in [-0.15, -0.1) is 0 Å². The monoisotopic (exact) mass is 278 g/mol. The van der Waals surface area contributed by atoms with E-state index in [4.69, 9.17) is 5.73 Å². The Morgan fingerprint density at radius 2 is 1.89 bits per heavy atom. The molecule has 1 aromatic heterocycles. The van der Waals surface area contributed by atoms with Crippen LogP contribution in [0.3, 0.4) is 0 Å². The van der Waals surface area contributed by atoms with E-state index in [9.17, 15) is 8.42 Å². The molecular weight excluding hydrogens is 264 g/mol. The van der Waals surface area contributed by atoms with Gasteiger partial charge in [0.15, 0.2) is 5.82 Å². The zero-order valence-electron chi connectivity index (χ0n) is 10.2. The number of nitrogens with two attached hydrogens (primary N) is 1. The SMILES string of the molecule is NCc1ccccc1CS(=O)(=O)Nc1cnccn1. The van der Waals surface area contributed by atoms with Crippen LogP contribution < -0.4 is 10.5 Å². The van der Waals surface area contributed by atoms with Gasteiger partial charge < -0.3 is 5.73 Å². The minimum atomic E-state index is -3.53. The Morgan fingerprint density at radius 3 is 2.53 bits per heavy atom. The Hall–Kier alpha value is -1.99. The Bertz CT molecular complexity index is 644. The van der Waals surface area contributed by atoms with Crippen molar-refractivity contribution in [3.05, 3.63) is 54.0 Å². The van der Waals surface area contributed by atoms with E-state index in [1.807, 2.05) is 12.1 Å². The van der Waals surface area contributed by atoms with Gasteiger partial charge in [0.2, 0.25) is 10.0 Å². The normalized spacial score (nSPS) is 11.2. The molecule has 100 valence electrons. The molecule has 0 spiro atoms. The molecule has 3 N–H and O–H groups in total. The van der Waals surface area contributed by atoms with Gasteiger partial charge in [0.25, 0.3) is 0 Å². The number of hydrogen-bond acceptors (Lipinski definition) is 5. The lowest BCUT2D eigenvalue weighted by atomic mass is 10.1. The topological polar surface area (TPSA) is 98.0 Å². The van der Waals surface area contributed by atoms with Crippen molar-refractivity contribution in [2.24, 2.45) is 5.73 Å². The first kappa shape index (κ1) is 13.4. The van der Waals surface area contributed by atoms with Gasteiger partial charge in [-0.1, -0.05) is 24.3 Å². The molecule has 0 amide bonds. The number of benzene rings is 1. The molecule has 7 heteroatoms. The van der Waals surface area contributed by atoms with E-state index >= 15 is 0 Å². The molecule has 0 aliphatic heterocycles. The van der Waals surface area contributed by atoms with E-state index in [1.165, 1.54) is 18.6 Å². The molecule has 1 heterocycles. The molecule has 0 radical (unpaired) electrons. The van der Waals surface area contributed by atoms with Crippen LogP contribution in [0, 0.1) is 0 Å². The van der Waals surface area contributed by atoms with Gasteiger partial charge in [-0.3, -0.25) is 9.71 Å². The molecule has 2 rings (SSSR count). The number of anilines is 1. The van der Waals surface area contributed by atoms with Crippen molar-refractivity contribution >= 4 is 15.8 Å². The van der Waals surface area contributed by atoms with Crippen LogP contribution in [-0.4, -0.2) is 18.4 Å². The number of aromatic nitrogens is 2. The van der Waals surface area contributed by atoms with Gasteiger partial charge in [-0.25, -0.2) is 13.4 Å². The largest absolute Gasteiger partial charge is 0.326 e. The maximum absolute atomic E-state index is 12.0. The summed E-state index contributed by atoms with van der Waals surface area (Å²) in [5.74, 6) is 0.0597. The molecule has 0 saturated carbocycles. The van der Waals surface area contributed by atoms with E-state index < -0.39 is 10.0 Å². The first-order valence-corrected chi connectivity index (χ1v) is 7.29. The highest BCUT2D eigenvalue weighted by Gasteiger charge is 2.14. The van der Waals surface area contributed by atoms with Crippen LogP contribution in [0.2, 0.25) is 0 Å². The minimum Gasteiger partial charge on any atom is -0.326 e. The molecule has 0 aliphatic carbocycles. The van der Waals surface area contributed by atoms with Crippen LogP contribution >= 0.6 is 0 Å². The molecule has 19 heavy (non-hydrogen) atoms. The fourth-order valence-electron chi connectivity index (χ4n) is 1.65. The van der Waals surface area contributed by atoms with Crippen molar-refractivity contribution in [3.8, 4) is 0 Å². The van der Waals surface area contributed by atoms with E-state index in [0.29, 0.717) is 12.1 Å². The molecule has 0 saturated heterocycles. The predicted molar refractivity (Wildman–Crippen MR) is 72.6 cm³/mol. The standard InChI is InChI=1S/C12H14N4O2S/c13-7-10-3-1-2-4-11(10)9-19(17,18)16-12-8-14-5-6-15-12/h1-6,8H,7,9,13H2,(H,15,16). The summed E-state index contributed by atoms with van der Waals surface area (Å²) in [6, 6.07) is 7.17. The molecule has 0 bridgehead atoms. The first-order valence-electron chi connectivity index (χ1n) is 5.64. The Labute approximate surface area is 111 Å². The third kappa shape index (κ3) is 3.73. The highest BCUT2D eigenvalue weighted by molar-refractivity contribution is 7.91. The molecule has 0 fully saturated rings. The van der Waals surface area contributed by atoms with Gasteiger partial charge in [0.1, 0.15) is 0 Å². The molecular formula is C12H14N4O2S. The molecule has 2 aromatic rings. The van der Waals surface area contributed by atoms with Gasteiger partial charge in [0.05, 0.1) is 11.9 Å². The lowest BCUT2D eigenvalue weighted by molar-refractivity contribution is 0.600. The fourth-order valence-corrected chi connectivity index (χ4v) is 2.84. The van der Waals surface area contributed by atoms with Gasteiger partial charge in [-0.2, -0.15) is 0 Å². The van der Waals surface area contributed by atoms with Crippen molar-refractivity contribution < 1.29 is 8.42 Å². The van der Waals surface area contributed by atoms with Gasteiger partial charge in [0, 0.05) is 18.9 Å². The Morgan fingerprint density at radius 1 is 1.16 bits per heavy atom. The average molecular weight is 278 g/mol. The molecule has 0 unspecified atom stereocenters. The van der Waals surface area contributed by atoms with Crippen LogP contribution in [0.5, 0.6) is 0 Å². The van der Waals surface area contributed by atoms with Crippen LogP contribution in [0.1, 0.15) is 11.1 Å². The highest BCUT2D eigenvalue weighted by Crippen LogP contribution is 2.13. The first-order chi connectivity index (χ1) is 9.11. The second-order valence-corrected chi connectivity index (χ2v) is 5.65. The number of rotatable bonds is 5. The minimum absolute atomic E-state index is 0.142. The van der Waals surface area contributed by atoms with Crippen molar-refractivity contribution in [3.63, 3.8) is 0 Å². The van der Waals surface area contributed by atoms with Crippen LogP contribution in [0.15, 0.2) is 42.9 Å². The van der Waals surface area contributed by atoms with Crippen molar-refractivity contribution in [2.75, 3.05) is 4.72 Å². The summed E-state index contributed by atoms with van der Waals surface area (Å²) in [5, 5.41) is 0. The summed E-state index contributed by atoms with van der Waals surface area (Å²) in [7, 11) is -3.53. The summed E-state index contributed by atoms with van der Waals surface area (Å²) in [6.07, 6.45) is 4.25. The second-order valence-electron chi connectivity index (χ2n) is 3.92. The summed E-state index contributed by atoms with van der Waals surface area (Å²) < 4.78 is 26.4. The summed E-state index contributed by atoms with van der Waals surface area (Å²) in [4.78, 5) is 7.67. The number of sulfonamides is 1. The maximum atomic E-state index is 12.0. The summed E-state index contributed by atoms with van der Waals surface area (Å²) in [5.41, 5.74) is 7.08. The predicted octanol–water partition coefficient (Wildman–Crippen LogP) is 0.877. The van der Waals surface area contributed by atoms with Crippen molar-refractivity contribution in [1.29, 1.82) is 0 Å². The van der Waals surface area contributed by atoms with Crippen molar-refractivity contribution in [2.45, 2.75) is 12.3 Å². The Kier molecular flexibility index (Phi) is 4.08. The lowest BCUT2D eigenvalue weighted by Gasteiger charge is -2.09. The summed E-state index contributed by atoms with van der Waals surface area (Å²) >= 11 is 0. The van der Waals surface area contributed by atoms with E-state index in [0.717, 1.165) is 5.56 Å². The average Bonchev–Trinajstić information content (AvgIpc) is 2.39. The van der Waals surface area contributed by atoms with Crippen LogP contribution in [-0.2, 0) is 22.3 Å². The zero-order chi connectivity index (χ0) is 13.7. The van der Waals surface area contributed by atoms with Crippen LogP contribution in [0.25, 0.3) is 0 Å².